The highest BCUT2D eigenvalue weighted by Crippen LogP contribution is 2.24. The number of benzene rings is 1. The second-order valence-corrected chi connectivity index (χ2v) is 7.27. The van der Waals surface area contributed by atoms with E-state index in [0.717, 1.165) is 11.6 Å². The van der Waals surface area contributed by atoms with E-state index in [1.807, 2.05) is 30.3 Å². The van der Waals surface area contributed by atoms with Gasteiger partial charge in [-0.1, -0.05) is 35.5 Å². The van der Waals surface area contributed by atoms with Crippen LogP contribution in [0.15, 0.2) is 54.9 Å². The molecule has 3 heterocycles. The first kappa shape index (κ1) is 20.6. The molecule has 0 bridgehead atoms. The summed E-state index contributed by atoms with van der Waals surface area (Å²) < 4.78 is 29.4. The Kier molecular flexibility index (Phi) is 5.96. The van der Waals surface area contributed by atoms with Gasteiger partial charge < -0.3 is 10.2 Å². The van der Waals surface area contributed by atoms with E-state index >= 15 is 0 Å². The van der Waals surface area contributed by atoms with Gasteiger partial charge in [0.05, 0.1) is 25.3 Å². The standard InChI is InChI=1S/C21H20F2N6O2/c22-15-9-16(29(11-15)21(31)19-17(23)7-4-8-24-19)12-28-13-18(26-27-28)20(30)25-10-14-5-2-1-3-6-14/h1-8,13,15-16H,9-12H2,(H,25,30). The van der Waals surface area contributed by atoms with E-state index in [4.69, 9.17) is 0 Å². The minimum Gasteiger partial charge on any atom is -0.347 e. The zero-order valence-corrected chi connectivity index (χ0v) is 16.5. The second-order valence-electron chi connectivity index (χ2n) is 7.27. The van der Waals surface area contributed by atoms with Crippen molar-refractivity contribution in [3.8, 4) is 0 Å². The van der Waals surface area contributed by atoms with Crippen molar-refractivity contribution < 1.29 is 18.4 Å². The molecule has 3 aromatic rings. The first-order valence-electron chi connectivity index (χ1n) is 9.79. The first-order chi connectivity index (χ1) is 15.0. The predicted molar refractivity (Wildman–Crippen MR) is 106 cm³/mol. The Morgan fingerprint density at radius 1 is 1.16 bits per heavy atom. The fraction of sp³-hybridized carbons (Fsp3) is 0.286. The molecule has 2 atom stereocenters. The highest BCUT2D eigenvalue weighted by atomic mass is 19.1. The Bertz CT molecular complexity index is 1070. The van der Waals surface area contributed by atoms with Gasteiger partial charge in [-0.25, -0.2) is 18.4 Å². The minimum atomic E-state index is -1.24. The van der Waals surface area contributed by atoms with E-state index in [0.29, 0.717) is 6.54 Å². The summed E-state index contributed by atoms with van der Waals surface area (Å²) in [5.41, 5.74) is 0.708. The van der Waals surface area contributed by atoms with E-state index in [1.54, 1.807) is 0 Å². The van der Waals surface area contributed by atoms with Crippen molar-refractivity contribution in [2.24, 2.45) is 0 Å². The van der Waals surface area contributed by atoms with E-state index in [2.05, 4.69) is 20.6 Å². The number of likely N-dealkylation sites (tertiary alicyclic amines) is 1. The third kappa shape index (κ3) is 4.73. The highest BCUT2D eigenvalue weighted by Gasteiger charge is 2.37. The molecule has 1 aromatic carbocycles. The molecule has 8 nitrogen and oxygen atoms in total. The molecule has 10 heteroatoms. The molecule has 0 radical (unpaired) electrons. The van der Waals surface area contributed by atoms with Crippen LogP contribution in [-0.4, -0.2) is 55.5 Å². The van der Waals surface area contributed by atoms with Gasteiger partial charge in [0.25, 0.3) is 11.8 Å². The molecule has 0 spiro atoms. The lowest BCUT2D eigenvalue weighted by molar-refractivity contribution is 0.0703. The Morgan fingerprint density at radius 2 is 1.97 bits per heavy atom. The molecule has 160 valence electrons. The van der Waals surface area contributed by atoms with Crippen molar-refractivity contribution in [1.82, 2.24) is 30.2 Å². The predicted octanol–water partition coefficient (Wildman–Crippen LogP) is 2.00. The van der Waals surface area contributed by atoms with Crippen LogP contribution in [0.3, 0.4) is 0 Å². The van der Waals surface area contributed by atoms with Crippen molar-refractivity contribution >= 4 is 11.8 Å². The molecule has 1 N–H and O–H groups in total. The van der Waals surface area contributed by atoms with Crippen molar-refractivity contribution in [3.63, 3.8) is 0 Å². The number of rotatable bonds is 6. The molecular weight excluding hydrogens is 406 g/mol. The lowest BCUT2D eigenvalue weighted by Crippen LogP contribution is -2.39. The number of hydrogen-bond acceptors (Lipinski definition) is 5. The molecule has 2 aromatic heterocycles. The second kappa shape index (κ2) is 8.99. The summed E-state index contributed by atoms with van der Waals surface area (Å²) in [5, 5.41) is 10.5. The van der Waals surface area contributed by atoms with Crippen LogP contribution in [0.1, 0.15) is 33.0 Å². The number of aromatic nitrogens is 4. The van der Waals surface area contributed by atoms with Crippen LogP contribution in [-0.2, 0) is 13.1 Å². The molecule has 1 saturated heterocycles. The lowest BCUT2D eigenvalue weighted by atomic mass is 10.2. The first-order valence-corrected chi connectivity index (χ1v) is 9.79. The van der Waals surface area contributed by atoms with Gasteiger partial charge >= 0.3 is 0 Å². The number of nitrogens with one attached hydrogen (secondary N) is 1. The zero-order valence-electron chi connectivity index (χ0n) is 16.5. The number of carbonyl (C=O) groups excluding carboxylic acids is 2. The number of halogens is 2. The van der Waals surface area contributed by atoms with Crippen LogP contribution in [0, 0.1) is 5.82 Å². The van der Waals surface area contributed by atoms with Crippen LogP contribution in [0.4, 0.5) is 8.78 Å². The lowest BCUT2D eigenvalue weighted by Gasteiger charge is -2.23. The monoisotopic (exact) mass is 426 g/mol. The number of amides is 2. The van der Waals surface area contributed by atoms with E-state index < -0.39 is 29.8 Å². The average Bonchev–Trinajstić information content (AvgIpc) is 3.39. The van der Waals surface area contributed by atoms with Crippen molar-refractivity contribution in [2.45, 2.75) is 31.7 Å². The third-order valence-electron chi connectivity index (χ3n) is 5.05. The van der Waals surface area contributed by atoms with Gasteiger partial charge in [-0.3, -0.25) is 9.59 Å². The maximum absolute atomic E-state index is 14.1. The van der Waals surface area contributed by atoms with Gasteiger partial charge in [0, 0.05) is 19.2 Å². The summed E-state index contributed by atoms with van der Waals surface area (Å²) in [5.74, 6) is -1.83. The molecule has 31 heavy (non-hydrogen) atoms. The van der Waals surface area contributed by atoms with Crippen molar-refractivity contribution in [2.75, 3.05) is 6.54 Å². The summed E-state index contributed by atoms with van der Waals surface area (Å²) >= 11 is 0. The van der Waals surface area contributed by atoms with Crippen molar-refractivity contribution in [3.05, 3.63) is 77.6 Å². The average molecular weight is 426 g/mol. The molecule has 1 aliphatic heterocycles. The SMILES string of the molecule is O=C(NCc1ccccc1)c1cn(CC2CC(F)CN2C(=O)c2ncccc2F)nn1. The number of alkyl halides is 1. The zero-order chi connectivity index (χ0) is 21.8. The van der Waals surface area contributed by atoms with Gasteiger partial charge in [0.1, 0.15) is 6.17 Å². The van der Waals surface area contributed by atoms with E-state index in [9.17, 15) is 18.4 Å². The van der Waals surface area contributed by atoms with Crippen LogP contribution in [0.25, 0.3) is 0 Å². The minimum absolute atomic E-state index is 0.0790. The summed E-state index contributed by atoms with van der Waals surface area (Å²) in [6.45, 7) is 0.314. The summed E-state index contributed by atoms with van der Waals surface area (Å²) in [6, 6.07) is 11.4. The molecular formula is C21H20F2N6O2. The summed E-state index contributed by atoms with van der Waals surface area (Å²) in [6.07, 6.45) is 1.59. The number of pyridine rings is 1. The Labute approximate surface area is 176 Å². The quantitative estimate of drug-likeness (QED) is 0.651. The van der Waals surface area contributed by atoms with Crippen LogP contribution >= 0.6 is 0 Å². The third-order valence-corrected chi connectivity index (χ3v) is 5.05. The molecule has 1 aliphatic rings. The molecule has 1 fully saturated rings. The normalized spacial score (nSPS) is 18.2. The van der Waals surface area contributed by atoms with Crippen molar-refractivity contribution in [1.29, 1.82) is 0 Å². The van der Waals surface area contributed by atoms with E-state index in [1.165, 1.54) is 28.0 Å². The number of hydrogen-bond donors (Lipinski definition) is 1. The molecule has 2 unspecified atom stereocenters. The van der Waals surface area contributed by atoms with Gasteiger partial charge in [0.2, 0.25) is 0 Å². The summed E-state index contributed by atoms with van der Waals surface area (Å²) in [4.78, 5) is 30.1. The van der Waals surface area contributed by atoms with Gasteiger partial charge in [-0.05, 0) is 17.7 Å². The Hall–Kier alpha value is -3.69. The number of carbonyl (C=O) groups is 2. The van der Waals surface area contributed by atoms with Crippen LogP contribution < -0.4 is 5.32 Å². The maximum atomic E-state index is 14.1. The summed E-state index contributed by atoms with van der Waals surface area (Å²) in [7, 11) is 0. The largest absolute Gasteiger partial charge is 0.347 e. The van der Waals surface area contributed by atoms with Gasteiger partial charge in [0.15, 0.2) is 17.2 Å². The Morgan fingerprint density at radius 3 is 2.74 bits per heavy atom. The molecule has 4 rings (SSSR count). The Balaban J connectivity index is 1.41. The fourth-order valence-corrected chi connectivity index (χ4v) is 3.54. The highest BCUT2D eigenvalue weighted by molar-refractivity contribution is 5.93. The maximum Gasteiger partial charge on any atom is 0.275 e. The van der Waals surface area contributed by atoms with Crippen LogP contribution in [0.5, 0.6) is 0 Å². The van der Waals surface area contributed by atoms with Gasteiger partial charge in [-0.2, -0.15) is 0 Å². The molecule has 2 amide bonds. The fourth-order valence-electron chi connectivity index (χ4n) is 3.54. The van der Waals surface area contributed by atoms with Gasteiger partial charge in [-0.15, -0.1) is 5.10 Å². The molecule has 0 aliphatic carbocycles. The van der Waals surface area contributed by atoms with Crippen LogP contribution in [0.2, 0.25) is 0 Å². The molecule has 0 saturated carbocycles. The van der Waals surface area contributed by atoms with E-state index in [-0.39, 0.29) is 30.9 Å². The topological polar surface area (TPSA) is 93.0 Å². The smallest absolute Gasteiger partial charge is 0.275 e. The number of nitrogens with zero attached hydrogens (tertiary/aromatic N) is 5.